The molecule has 0 atom stereocenters. The Kier molecular flexibility index (Phi) is 15.5. The molecule has 0 saturated heterocycles. The minimum absolute atomic E-state index is 0. The largest absolute Gasteiger partial charge is 2.00 e. The maximum atomic E-state index is 11.4. The number of fused-ring (bicyclic) bond motifs is 20. The van der Waals surface area contributed by atoms with Crippen LogP contribution in [0.5, 0.6) is 0 Å². The van der Waals surface area contributed by atoms with Crippen LogP contribution in [0.1, 0.15) is 13.8 Å². The number of hydrogen-bond donors (Lipinski definition) is 6. The number of nitrogens with two attached hydrogens (primary N) is 1. The molecule has 7 aromatic heterocycles. The van der Waals surface area contributed by atoms with Gasteiger partial charge in [0.25, 0.3) is 10.1 Å². The molecule has 2 aliphatic heterocycles. The van der Waals surface area contributed by atoms with Gasteiger partial charge in [0.2, 0.25) is 27.9 Å². The van der Waals surface area contributed by atoms with Crippen molar-refractivity contribution in [3.63, 3.8) is 0 Å². The van der Waals surface area contributed by atoms with Crippen LogP contribution in [0.15, 0.2) is 107 Å². The normalized spacial score (nSPS) is 11.6. The fraction of sp³-hybridized carbons (Fsp3) is 0.116. The average molecular weight is 1090 g/mol. The summed E-state index contributed by atoms with van der Waals surface area (Å²) in [5, 5.41) is 19.7. The van der Waals surface area contributed by atoms with E-state index in [-0.39, 0.29) is 58.6 Å². The first-order valence-electron chi connectivity index (χ1n) is 21.2. The molecule has 11 rings (SSSR count). The molecule has 375 valence electrons. The predicted octanol–water partition coefficient (Wildman–Crippen LogP) is 5.17. The molecule has 2 aromatic carbocycles. The summed E-state index contributed by atoms with van der Waals surface area (Å²) < 4.78 is 60.7. The maximum absolute atomic E-state index is 11.4. The van der Waals surface area contributed by atoms with Gasteiger partial charge in [0.1, 0.15) is 23.0 Å². The minimum atomic E-state index is -4.52. The van der Waals surface area contributed by atoms with Gasteiger partial charge >= 0.3 is 17.1 Å². The third kappa shape index (κ3) is 11.5. The molecular weight excluding hydrogens is 1060 g/mol. The summed E-state index contributed by atoms with van der Waals surface area (Å²) in [6, 6.07) is 22.5. The number of nitrogens with one attached hydrogen (secondary N) is 3. The van der Waals surface area contributed by atoms with E-state index in [0.29, 0.717) is 74.8 Å². The van der Waals surface area contributed by atoms with Crippen molar-refractivity contribution in [2.24, 2.45) is 0 Å². The molecule has 0 aliphatic carbocycles. The van der Waals surface area contributed by atoms with Crippen molar-refractivity contribution < 1.29 is 53.1 Å². The van der Waals surface area contributed by atoms with Crippen LogP contribution < -0.4 is 31.1 Å². The zero-order valence-electron chi connectivity index (χ0n) is 37.9. The molecule has 26 nitrogen and oxygen atoms in total. The summed E-state index contributed by atoms with van der Waals surface area (Å²) in [5.74, 6) is 1.42. The van der Waals surface area contributed by atoms with Gasteiger partial charge in [0.05, 0.1) is 50.9 Å². The van der Waals surface area contributed by atoms with Gasteiger partial charge in [-0.1, -0.05) is 49.2 Å². The third-order valence-electron chi connectivity index (χ3n) is 9.96. The van der Waals surface area contributed by atoms with E-state index < -0.39 is 25.0 Å². The van der Waals surface area contributed by atoms with Gasteiger partial charge in [-0.15, -0.1) is 4.33 Å². The second-order valence-corrected chi connectivity index (χ2v) is 18.6. The molecule has 30 heteroatoms. The van der Waals surface area contributed by atoms with Crippen LogP contribution in [0.4, 0.5) is 23.5 Å². The number of pyridine rings is 3. The summed E-state index contributed by atoms with van der Waals surface area (Å²) in [5.41, 5.74) is 10.8. The van der Waals surface area contributed by atoms with Crippen LogP contribution in [-0.4, -0.2) is 106 Å². The maximum Gasteiger partial charge on any atom is 2.00 e. The number of benzene rings is 2. The van der Waals surface area contributed by atoms with Gasteiger partial charge in [-0.05, 0) is 59.3 Å². The summed E-state index contributed by atoms with van der Waals surface area (Å²) in [6.45, 7) is 4.19. The Hall–Kier alpha value is -7.77. The van der Waals surface area contributed by atoms with Crippen molar-refractivity contribution in [2.75, 3.05) is 35.7 Å². The van der Waals surface area contributed by atoms with Crippen LogP contribution in [-0.2, 0) is 46.6 Å². The van der Waals surface area contributed by atoms with E-state index in [1.807, 2.05) is 74.5 Å². The Labute approximate surface area is 428 Å². The van der Waals surface area contributed by atoms with E-state index in [2.05, 4.69) is 54.6 Å². The Morgan fingerprint density at radius 1 is 0.644 bits per heavy atom. The molecule has 8 bridgehead atoms. The predicted molar refractivity (Wildman–Crippen MR) is 264 cm³/mol. The quantitative estimate of drug-likeness (QED) is 0.0243. The van der Waals surface area contributed by atoms with E-state index in [9.17, 15) is 21.4 Å². The number of sulfonamides is 1. The van der Waals surface area contributed by atoms with Gasteiger partial charge in [-0.25, -0.2) is 28.4 Å². The van der Waals surface area contributed by atoms with E-state index in [4.69, 9.17) is 50.9 Å². The first-order valence-corrected chi connectivity index (χ1v) is 25.3. The van der Waals surface area contributed by atoms with Crippen molar-refractivity contribution in [2.45, 2.75) is 23.6 Å². The Bertz CT molecular complexity index is 3630. The Balaban J connectivity index is 0.000000195. The first-order chi connectivity index (χ1) is 34.8. The Morgan fingerprint density at radius 2 is 1.19 bits per heavy atom. The number of hydrogen-bond acceptors (Lipinski definition) is 23. The van der Waals surface area contributed by atoms with Crippen molar-refractivity contribution in [1.82, 2.24) is 74.5 Å². The van der Waals surface area contributed by atoms with E-state index in [0.717, 1.165) is 45.7 Å². The molecule has 0 amide bonds. The van der Waals surface area contributed by atoms with Gasteiger partial charge in [0.15, 0.2) is 0 Å². The zero-order valence-corrected chi connectivity index (χ0v) is 41.3. The monoisotopic (exact) mass is 1090 g/mol. The molecule has 0 fully saturated rings. The minimum Gasteiger partial charge on any atom is -0.368 e. The van der Waals surface area contributed by atoms with Crippen LogP contribution in [0, 0.1) is 0 Å². The molecule has 9 aromatic rings. The molecule has 1 radical (unpaired) electrons. The zero-order chi connectivity index (χ0) is 50.6. The number of nitrogen functional groups attached to an aromatic ring is 1. The summed E-state index contributed by atoms with van der Waals surface area (Å²) in [4.78, 5) is 63.7. The number of aromatic nitrogens is 14. The van der Waals surface area contributed by atoms with E-state index >= 15 is 0 Å². The van der Waals surface area contributed by atoms with Gasteiger partial charge in [-0.2, -0.15) is 23.4 Å². The van der Waals surface area contributed by atoms with Crippen molar-refractivity contribution in [1.29, 1.82) is 0 Å². The standard InChI is InChI=1S/C29H13N11.C12H17N7O8S3.C2H6.Cu/c1-2-7-15-14(6-1)22-33-23(15)35-27-20-17(9-4-12-31-20)25(37-27)39-29-21-18(10-5-13-32-21)26(40-29)38-28-19-16(8-3-11-30-19)24(34-22)36-28;1-29(21,22)15-5-4-14-11-17-10(13)18-12(19-11)16-8-6-7(30(23,24)25)2-3-9(8)28-27-26-20;1-2;/h1-13H;2-3,6,15,20H,4-5H2,1H3,(H,23,24,25)(H4,13,14,16,17,18,19);1-2H3;/q-2;;;+2. The Morgan fingerprint density at radius 3 is 1.81 bits per heavy atom. The van der Waals surface area contributed by atoms with Crippen LogP contribution in [0.25, 0.3) is 90.1 Å². The van der Waals surface area contributed by atoms with Gasteiger partial charge in [0, 0.05) is 70.8 Å². The molecule has 73 heavy (non-hydrogen) atoms. The van der Waals surface area contributed by atoms with Crippen LogP contribution in [0.3, 0.4) is 0 Å². The third-order valence-corrected chi connectivity index (χ3v) is 12.2. The molecule has 9 heterocycles. The fourth-order valence-electron chi connectivity index (χ4n) is 7.04. The molecule has 0 spiro atoms. The molecule has 7 N–H and O–H groups in total. The fourth-order valence-corrected chi connectivity index (χ4v) is 8.44. The molecule has 0 unspecified atom stereocenters. The second-order valence-electron chi connectivity index (χ2n) is 14.6. The molecule has 2 aliphatic rings. The smallest absolute Gasteiger partial charge is 0.368 e. The van der Waals surface area contributed by atoms with E-state index in [1.165, 1.54) is 6.07 Å². The molecule has 0 saturated carbocycles. The number of nitrogens with zero attached hydrogens (tertiary/aromatic N) is 14. The van der Waals surface area contributed by atoms with Crippen LogP contribution in [0.2, 0.25) is 0 Å². The van der Waals surface area contributed by atoms with E-state index in [1.54, 1.807) is 18.6 Å². The van der Waals surface area contributed by atoms with Gasteiger partial charge < -0.3 is 46.3 Å². The molecular formula is C43H36CuN18O8S3. The van der Waals surface area contributed by atoms with Crippen LogP contribution >= 0.6 is 12.0 Å². The average Bonchev–Trinajstić information content (AvgIpc) is 4.11. The number of anilines is 4. The number of rotatable bonds is 11. The van der Waals surface area contributed by atoms with Crippen molar-refractivity contribution in [3.05, 3.63) is 97.5 Å². The topological polar surface area (TPSA) is 372 Å². The SMILES string of the molecule is CC.CS(=O)(=O)NCCNc1nc(N)nc(Nc2cc(S(=O)(=O)O)ccc2SOOO)n1.[Cu+2].c1cnc2c(c1)-c1nc-2nc2[n-]c(nc3nc(nc4[n-]c(n1)c1ncccc41)-c1ncccc1-3)c1ccccc21. The van der Waals surface area contributed by atoms with Gasteiger partial charge in [-0.3, -0.25) is 19.5 Å². The summed E-state index contributed by atoms with van der Waals surface area (Å²) in [7, 11) is -7.87. The van der Waals surface area contributed by atoms with Crippen molar-refractivity contribution >= 4 is 100.0 Å². The first kappa shape index (κ1) is 51.6. The second kappa shape index (κ2) is 21.9. The summed E-state index contributed by atoms with van der Waals surface area (Å²) >= 11 is 0.519. The van der Waals surface area contributed by atoms with Crippen molar-refractivity contribution in [3.8, 4) is 45.8 Å². The summed E-state index contributed by atoms with van der Waals surface area (Å²) in [6.07, 6.45) is 6.13.